The Labute approximate surface area is 311 Å². The van der Waals surface area contributed by atoms with Crippen LogP contribution in [0.25, 0.3) is 32.8 Å². The Hall–Kier alpha value is -4.75. The van der Waals surface area contributed by atoms with Crippen molar-refractivity contribution in [2.45, 2.75) is 52.4 Å². The number of methoxy groups -OCH3 is 1. The van der Waals surface area contributed by atoms with Gasteiger partial charge in [0.25, 0.3) is 0 Å². The first-order chi connectivity index (χ1) is 25.5. The summed E-state index contributed by atoms with van der Waals surface area (Å²) in [5.41, 5.74) is 7.18. The number of carboxylic acids is 1. The third kappa shape index (κ3) is 7.16. The van der Waals surface area contributed by atoms with Crippen molar-refractivity contribution in [2.24, 2.45) is 14.1 Å². The number of aromatic nitrogens is 5. The Kier molecular flexibility index (Phi) is 10.6. The van der Waals surface area contributed by atoms with Crippen molar-refractivity contribution in [3.8, 4) is 16.9 Å². The largest absolute Gasteiger partial charge is 0.493 e. The van der Waals surface area contributed by atoms with E-state index < -0.39 is 12.1 Å². The van der Waals surface area contributed by atoms with Gasteiger partial charge < -0.3 is 28.6 Å². The number of carbonyl (C=O) groups is 1. The average Bonchev–Trinajstić information content (AvgIpc) is 3.73. The second-order valence-electron chi connectivity index (χ2n) is 13.5. The molecule has 3 aromatic carbocycles. The van der Waals surface area contributed by atoms with E-state index >= 15 is 0 Å². The lowest BCUT2D eigenvalue weighted by atomic mass is 9.95. The van der Waals surface area contributed by atoms with Crippen LogP contribution < -0.4 is 4.74 Å². The van der Waals surface area contributed by atoms with E-state index in [0.29, 0.717) is 73.2 Å². The van der Waals surface area contributed by atoms with Crippen LogP contribution in [0.3, 0.4) is 0 Å². The van der Waals surface area contributed by atoms with E-state index in [9.17, 15) is 14.3 Å². The highest BCUT2D eigenvalue weighted by Gasteiger charge is 2.30. The van der Waals surface area contributed by atoms with E-state index in [1.807, 2.05) is 61.5 Å². The van der Waals surface area contributed by atoms with Gasteiger partial charge in [-0.05, 0) is 92.1 Å². The minimum atomic E-state index is -1.04. The maximum Gasteiger partial charge on any atom is 0.352 e. The van der Waals surface area contributed by atoms with Gasteiger partial charge in [0.15, 0.2) is 0 Å². The monoisotopic (exact) mass is 743 g/mol. The van der Waals surface area contributed by atoms with Crippen LogP contribution >= 0.6 is 11.6 Å². The normalized spacial score (nSPS) is 15.4. The lowest BCUT2D eigenvalue weighted by Gasteiger charge is -2.19. The summed E-state index contributed by atoms with van der Waals surface area (Å²) in [6.45, 7) is 5.62. The first-order valence-corrected chi connectivity index (χ1v) is 18.1. The number of benzene rings is 3. The van der Waals surface area contributed by atoms with E-state index in [0.717, 1.165) is 49.9 Å². The van der Waals surface area contributed by atoms with Crippen molar-refractivity contribution < 1.29 is 33.2 Å². The third-order valence-corrected chi connectivity index (χ3v) is 10.4. The molecule has 13 heteroatoms. The summed E-state index contributed by atoms with van der Waals surface area (Å²) in [4.78, 5) is 12.9. The highest BCUT2D eigenvalue weighted by atomic mass is 35.5. The standard InChI is InChI=1S/C40H43ClFN5O6/c1-23-35-32-12-11-31(41)37(35)36-24(2)45(3)44-38(36)34(22-51-16-15-50-5)53-21-28-20-29(46(4)43-28)9-7-25-17-26-19-27(42)8-10-30(26)33(18-25)52-14-6-13-47(32)39(23)40(48)49/h8,10-12,17-20,34H,6-7,9,13-16,21-22H2,1-5H3,(H,48,49). The molecule has 7 rings (SSSR count). The highest BCUT2D eigenvalue weighted by molar-refractivity contribution is 6.35. The van der Waals surface area contributed by atoms with Gasteiger partial charge in [-0.2, -0.15) is 10.2 Å². The maximum atomic E-state index is 14.4. The summed E-state index contributed by atoms with van der Waals surface area (Å²) in [5, 5.41) is 23.0. The summed E-state index contributed by atoms with van der Waals surface area (Å²) in [6.07, 6.45) is 1.25. The second kappa shape index (κ2) is 15.3. The van der Waals surface area contributed by atoms with E-state index in [1.165, 1.54) is 12.1 Å². The number of rotatable bonds is 6. The molecule has 8 bridgehead atoms. The molecule has 53 heavy (non-hydrogen) atoms. The number of ether oxygens (including phenoxy) is 4. The number of nitrogens with zero attached hydrogens (tertiary/aromatic N) is 5. The van der Waals surface area contributed by atoms with Gasteiger partial charge in [0.05, 0.1) is 38.7 Å². The minimum absolute atomic E-state index is 0.179. The summed E-state index contributed by atoms with van der Waals surface area (Å²) >= 11 is 7.08. The smallest absolute Gasteiger partial charge is 0.352 e. The van der Waals surface area contributed by atoms with Gasteiger partial charge in [-0.15, -0.1) is 0 Å². The summed E-state index contributed by atoms with van der Waals surface area (Å²) in [7, 11) is 5.40. The Morgan fingerprint density at radius 3 is 2.66 bits per heavy atom. The molecule has 278 valence electrons. The predicted octanol–water partition coefficient (Wildman–Crippen LogP) is 7.52. The molecule has 0 aliphatic carbocycles. The molecule has 1 N–H and O–H groups in total. The molecule has 6 aromatic rings. The summed E-state index contributed by atoms with van der Waals surface area (Å²) in [6, 6.07) is 14.4. The van der Waals surface area contributed by atoms with Crippen molar-refractivity contribution in [1.82, 2.24) is 24.1 Å². The average molecular weight is 744 g/mol. The van der Waals surface area contributed by atoms with E-state index in [1.54, 1.807) is 23.9 Å². The van der Waals surface area contributed by atoms with E-state index in [-0.39, 0.29) is 24.7 Å². The van der Waals surface area contributed by atoms with Crippen LogP contribution in [0.1, 0.15) is 56.9 Å². The van der Waals surface area contributed by atoms with Crippen molar-refractivity contribution in [3.63, 3.8) is 0 Å². The molecule has 0 saturated heterocycles. The molecule has 0 radical (unpaired) electrons. The number of fused-ring (bicyclic) bond motifs is 8. The fourth-order valence-electron chi connectivity index (χ4n) is 7.44. The zero-order chi connectivity index (χ0) is 37.4. The Bertz CT molecular complexity index is 2330. The molecule has 0 spiro atoms. The van der Waals surface area contributed by atoms with Crippen LogP contribution in [-0.2, 0) is 54.3 Å². The number of carboxylic acid groups (broad SMARTS) is 1. The number of halogens is 2. The Morgan fingerprint density at radius 2 is 1.87 bits per heavy atom. The molecule has 0 saturated carbocycles. The number of hydrogen-bond donors (Lipinski definition) is 1. The van der Waals surface area contributed by atoms with Crippen LogP contribution in [-0.4, -0.2) is 68.7 Å². The van der Waals surface area contributed by atoms with Gasteiger partial charge >= 0.3 is 5.97 Å². The number of hydrogen-bond acceptors (Lipinski definition) is 7. The van der Waals surface area contributed by atoms with Crippen LogP contribution in [0.5, 0.6) is 5.75 Å². The Morgan fingerprint density at radius 1 is 1.04 bits per heavy atom. The molecule has 3 aromatic heterocycles. The second-order valence-corrected chi connectivity index (χ2v) is 13.9. The minimum Gasteiger partial charge on any atom is -0.493 e. The van der Waals surface area contributed by atoms with Crippen LogP contribution in [0.2, 0.25) is 5.02 Å². The fourth-order valence-corrected chi connectivity index (χ4v) is 7.69. The van der Waals surface area contributed by atoms with Crippen molar-refractivity contribution in [3.05, 3.63) is 99.0 Å². The van der Waals surface area contributed by atoms with Crippen LogP contribution in [0.4, 0.5) is 4.39 Å². The van der Waals surface area contributed by atoms with Gasteiger partial charge in [0.2, 0.25) is 0 Å². The summed E-state index contributed by atoms with van der Waals surface area (Å²) in [5.74, 6) is -0.704. The predicted molar refractivity (Wildman–Crippen MR) is 200 cm³/mol. The van der Waals surface area contributed by atoms with Crippen LogP contribution in [0, 0.1) is 19.7 Å². The lowest BCUT2D eigenvalue weighted by molar-refractivity contribution is -0.0386. The first kappa shape index (κ1) is 36.6. The third-order valence-electron chi connectivity index (χ3n) is 10.1. The van der Waals surface area contributed by atoms with Crippen molar-refractivity contribution >= 4 is 39.2 Å². The van der Waals surface area contributed by atoms with Crippen molar-refractivity contribution in [2.75, 3.05) is 33.5 Å². The molecule has 0 amide bonds. The molecule has 4 heterocycles. The molecule has 1 atom stereocenters. The lowest BCUT2D eigenvalue weighted by Crippen LogP contribution is -2.16. The van der Waals surface area contributed by atoms with Gasteiger partial charge in [-0.25, -0.2) is 9.18 Å². The van der Waals surface area contributed by atoms with Gasteiger partial charge in [-0.3, -0.25) is 9.36 Å². The SMILES string of the molecule is COCCOCC1OCc2cc(n(C)n2)CCc2cc(c3ccc(F)cc3c2)OCCCn2c(C(=O)O)c(C)c3c(c(Cl)ccc32)-c2c1nn(C)c2C. The van der Waals surface area contributed by atoms with E-state index in [4.69, 9.17) is 40.7 Å². The summed E-state index contributed by atoms with van der Waals surface area (Å²) < 4.78 is 44.1. The quantitative estimate of drug-likeness (QED) is 0.174. The molecular weight excluding hydrogens is 701 g/mol. The molecular formula is C40H43ClFN5O6. The highest BCUT2D eigenvalue weighted by Crippen LogP contribution is 2.44. The van der Waals surface area contributed by atoms with E-state index in [2.05, 4.69) is 0 Å². The van der Waals surface area contributed by atoms with Gasteiger partial charge in [0.1, 0.15) is 29.1 Å². The van der Waals surface area contributed by atoms with Gasteiger partial charge in [0, 0.05) is 71.6 Å². The molecule has 1 aliphatic rings. The Balaban J connectivity index is 1.38. The fraction of sp³-hybridized carbons (Fsp3) is 0.375. The zero-order valence-corrected chi connectivity index (χ0v) is 31.3. The van der Waals surface area contributed by atoms with Crippen LogP contribution in [0.15, 0.2) is 48.5 Å². The first-order valence-electron chi connectivity index (χ1n) is 17.7. The molecule has 1 aliphatic heterocycles. The van der Waals surface area contributed by atoms with Gasteiger partial charge in [-0.1, -0.05) is 17.7 Å². The number of aromatic carboxylic acids is 1. The van der Waals surface area contributed by atoms with Crippen molar-refractivity contribution in [1.29, 1.82) is 0 Å². The maximum absolute atomic E-state index is 14.4. The number of aryl methyl sites for hydroxylation is 6. The topological polar surface area (TPSA) is 115 Å². The molecule has 11 nitrogen and oxygen atoms in total. The zero-order valence-electron chi connectivity index (χ0n) is 30.5. The molecule has 0 fully saturated rings. The molecule has 1 unspecified atom stereocenters.